The summed E-state index contributed by atoms with van der Waals surface area (Å²) in [6.07, 6.45) is 5.79. The third-order valence-electron chi connectivity index (χ3n) is 5.89. The molecule has 0 radical (unpaired) electrons. The van der Waals surface area contributed by atoms with E-state index in [1.807, 2.05) is 6.07 Å². The maximum absolute atomic E-state index is 14.5. The SMILES string of the molecule is Cl.O[C@@H](CCN1c2ccccc2N(c2ccccc2F)S1(O)O)CNC1CCCCC1. The van der Waals surface area contributed by atoms with Crippen LogP contribution in [0.15, 0.2) is 48.5 Å². The highest BCUT2D eigenvalue weighted by atomic mass is 35.5. The van der Waals surface area contributed by atoms with Crippen molar-refractivity contribution in [3.05, 3.63) is 54.3 Å². The molecule has 1 heterocycles. The Hall–Kier alpha value is -1.55. The van der Waals surface area contributed by atoms with Gasteiger partial charge in [0.2, 0.25) is 0 Å². The van der Waals surface area contributed by atoms with E-state index in [1.54, 1.807) is 30.3 Å². The average molecular weight is 472 g/mol. The van der Waals surface area contributed by atoms with E-state index in [2.05, 4.69) is 5.32 Å². The van der Waals surface area contributed by atoms with Gasteiger partial charge in [-0.05, 0) is 54.5 Å². The Morgan fingerprint density at radius 1 is 0.968 bits per heavy atom. The molecule has 4 rings (SSSR count). The Morgan fingerprint density at radius 3 is 2.26 bits per heavy atom. The molecule has 1 atom stereocenters. The summed E-state index contributed by atoms with van der Waals surface area (Å²) in [6.45, 7) is 0.730. The van der Waals surface area contributed by atoms with Crippen LogP contribution in [0.2, 0.25) is 0 Å². The monoisotopic (exact) mass is 471 g/mol. The van der Waals surface area contributed by atoms with Crippen LogP contribution in [0.4, 0.5) is 21.5 Å². The van der Waals surface area contributed by atoms with Gasteiger partial charge in [0.25, 0.3) is 0 Å². The Balaban J connectivity index is 0.00000272. The highest BCUT2D eigenvalue weighted by Gasteiger charge is 2.42. The fourth-order valence-electron chi connectivity index (χ4n) is 4.31. The van der Waals surface area contributed by atoms with E-state index in [0.717, 1.165) is 12.8 Å². The third kappa shape index (κ3) is 5.10. The van der Waals surface area contributed by atoms with Gasteiger partial charge in [0.05, 0.1) is 17.5 Å². The Bertz CT molecular complexity index is 869. The van der Waals surface area contributed by atoms with Gasteiger partial charge in [0.15, 0.2) is 0 Å². The van der Waals surface area contributed by atoms with Crippen LogP contribution in [0, 0.1) is 5.82 Å². The van der Waals surface area contributed by atoms with E-state index >= 15 is 0 Å². The second-order valence-corrected chi connectivity index (χ2v) is 9.80. The van der Waals surface area contributed by atoms with Gasteiger partial charge in [0, 0.05) is 19.1 Å². The molecule has 0 spiro atoms. The molecule has 0 bridgehead atoms. The molecule has 0 saturated heterocycles. The summed E-state index contributed by atoms with van der Waals surface area (Å²) in [7, 11) is -3.50. The number of fused-ring (bicyclic) bond motifs is 1. The van der Waals surface area contributed by atoms with Gasteiger partial charge in [-0.2, -0.15) is 0 Å². The maximum atomic E-state index is 14.5. The summed E-state index contributed by atoms with van der Waals surface area (Å²) < 4.78 is 39.4. The lowest BCUT2D eigenvalue weighted by Gasteiger charge is -2.44. The fraction of sp³-hybridized carbons (Fsp3) is 0.455. The average Bonchev–Trinajstić information content (AvgIpc) is 2.97. The van der Waals surface area contributed by atoms with Gasteiger partial charge < -0.3 is 10.4 Å². The second kappa shape index (κ2) is 10.4. The molecule has 0 aromatic heterocycles. The van der Waals surface area contributed by atoms with Crippen LogP contribution < -0.4 is 13.9 Å². The number of aliphatic hydroxyl groups is 1. The zero-order chi connectivity index (χ0) is 21.1. The second-order valence-electron chi connectivity index (χ2n) is 8.01. The molecule has 2 aliphatic rings. The zero-order valence-corrected chi connectivity index (χ0v) is 19.0. The predicted molar refractivity (Wildman–Crippen MR) is 128 cm³/mol. The summed E-state index contributed by atoms with van der Waals surface area (Å²) in [5.41, 5.74) is 1.28. The summed E-state index contributed by atoms with van der Waals surface area (Å²) in [4.78, 5) is 0. The van der Waals surface area contributed by atoms with E-state index in [0.29, 0.717) is 30.4 Å². The minimum atomic E-state index is -3.50. The number of anilines is 3. The van der Waals surface area contributed by atoms with E-state index in [1.165, 1.54) is 40.0 Å². The highest BCUT2D eigenvalue weighted by Crippen LogP contribution is 2.64. The summed E-state index contributed by atoms with van der Waals surface area (Å²) >= 11 is 0. The van der Waals surface area contributed by atoms with E-state index in [4.69, 9.17) is 0 Å². The molecule has 1 saturated carbocycles. The molecule has 172 valence electrons. The van der Waals surface area contributed by atoms with Crippen molar-refractivity contribution in [2.45, 2.75) is 50.7 Å². The van der Waals surface area contributed by atoms with Gasteiger partial charge in [-0.15, -0.1) is 12.4 Å². The van der Waals surface area contributed by atoms with Crippen molar-refractivity contribution in [2.24, 2.45) is 0 Å². The molecule has 31 heavy (non-hydrogen) atoms. The quantitative estimate of drug-likeness (QED) is 0.429. The lowest BCUT2D eigenvalue weighted by Crippen LogP contribution is -2.39. The molecule has 1 aliphatic carbocycles. The number of benzene rings is 2. The minimum Gasteiger partial charge on any atom is -0.392 e. The van der Waals surface area contributed by atoms with Crippen LogP contribution in [0.3, 0.4) is 0 Å². The van der Waals surface area contributed by atoms with Crippen molar-refractivity contribution in [3.8, 4) is 0 Å². The number of hydrogen-bond donors (Lipinski definition) is 4. The first-order valence-electron chi connectivity index (χ1n) is 10.6. The number of para-hydroxylation sites is 3. The van der Waals surface area contributed by atoms with Gasteiger partial charge in [-0.25, -0.2) is 8.70 Å². The largest absolute Gasteiger partial charge is 0.392 e. The predicted octanol–water partition coefficient (Wildman–Crippen LogP) is 5.46. The van der Waals surface area contributed by atoms with Crippen LogP contribution in [-0.4, -0.2) is 39.4 Å². The Kier molecular flexibility index (Phi) is 8.07. The molecule has 2 aromatic carbocycles. The van der Waals surface area contributed by atoms with Crippen molar-refractivity contribution in [1.82, 2.24) is 5.32 Å². The fourth-order valence-corrected chi connectivity index (χ4v) is 6.10. The van der Waals surface area contributed by atoms with E-state index in [-0.39, 0.29) is 24.6 Å². The molecule has 2 aromatic rings. The van der Waals surface area contributed by atoms with Crippen molar-refractivity contribution < 1.29 is 18.6 Å². The van der Waals surface area contributed by atoms with Gasteiger partial charge in [0.1, 0.15) is 11.5 Å². The number of nitrogens with zero attached hydrogens (tertiary/aromatic N) is 2. The van der Waals surface area contributed by atoms with Crippen molar-refractivity contribution in [3.63, 3.8) is 0 Å². The molecule has 6 nitrogen and oxygen atoms in total. The first-order valence-corrected chi connectivity index (χ1v) is 12.1. The van der Waals surface area contributed by atoms with E-state index < -0.39 is 22.9 Å². The summed E-state index contributed by atoms with van der Waals surface area (Å²) in [5, 5.41) is 13.9. The molecule has 9 heteroatoms. The maximum Gasteiger partial charge on any atom is 0.148 e. The Labute approximate surface area is 191 Å². The number of aliphatic hydroxyl groups excluding tert-OH is 1. The van der Waals surface area contributed by atoms with Gasteiger partial charge in [-0.3, -0.25) is 13.4 Å². The molecular weight excluding hydrogens is 441 g/mol. The molecule has 1 fully saturated rings. The van der Waals surface area contributed by atoms with Crippen LogP contribution in [0.1, 0.15) is 38.5 Å². The number of rotatable bonds is 7. The number of hydrogen-bond acceptors (Lipinski definition) is 6. The van der Waals surface area contributed by atoms with Crippen LogP contribution in [0.25, 0.3) is 0 Å². The number of nitrogens with one attached hydrogen (secondary N) is 1. The van der Waals surface area contributed by atoms with Crippen LogP contribution in [-0.2, 0) is 0 Å². The zero-order valence-electron chi connectivity index (χ0n) is 17.4. The standard InChI is InChI=1S/C22H30FN3O3S.ClH/c23-19-10-4-5-11-20(19)26-22-13-7-6-12-21(22)25(30(26,28)29)15-14-18(27)16-24-17-8-2-1-3-9-17;/h4-7,10-13,17-18,24,27-29H,1-3,8-9,14-16H2;1H/t18-;/m0./s1. The van der Waals surface area contributed by atoms with Crippen LogP contribution in [0.5, 0.6) is 0 Å². The first kappa shape index (κ1) is 24.1. The van der Waals surface area contributed by atoms with Crippen LogP contribution >= 0.6 is 23.4 Å². The smallest absolute Gasteiger partial charge is 0.148 e. The summed E-state index contributed by atoms with van der Waals surface area (Å²) in [5.74, 6) is -0.522. The van der Waals surface area contributed by atoms with Gasteiger partial charge >= 0.3 is 0 Å². The minimum absolute atomic E-state index is 0. The first-order chi connectivity index (χ1) is 14.5. The molecular formula is C22H31ClFN3O3S. The third-order valence-corrected chi connectivity index (χ3v) is 7.75. The van der Waals surface area contributed by atoms with E-state index in [9.17, 15) is 18.6 Å². The lowest BCUT2D eigenvalue weighted by atomic mass is 9.95. The lowest BCUT2D eigenvalue weighted by molar-refractivity contribution is 0.156. The Morgan fingerprint density at radius 2 is 1.58 bits per heavy atom. The summed E-state index contributed by atoms with van der Waals surface area (Å²) in [6, 6.07) is 13.7. The molecule has 4 N–H and O–H groups in total. The molecule has 0 amide bonds. The highest BCUT2D eigenvalue weighted by molar-refractivity contribution is 8.27. The molecule has 0 unspecified atom stereocenters. The van der Waals surface area contributed by atoms with Crippen molar-refractivity contribution in [1.29, 1.82) is 0 Å². The topological polar surface area (TPSA) is 79.2 Å². The van der Waals surface area contributed by atoms with Crippen molar-refractivity contribution >= 4 is 40.4 Å². The normalized spacial score (nSPS) is 20.1. The number of halogens is 2. The molecule has 1 aliphatic heterocycles. The van der Waals surface area contributed by atoms with Crippen molar-refractivity contribution in [2.75, 3.05) is 21.7 Å². The van der Waals surface area contributed by atoms with Gasteiger partial charge in [-0.1, -0.05) is 43.5 Å².